The van der Waals surface area contributed by atoms with Crippen molar-refractivity contribution in [1.29, 1.82) is 0 Å². The number of aliphatic carboxylic acids is 1. The first-order valence-electron chi connectivity index (χ1n) is 3.78. The third-order valence-corrected chi connectivity index (χ3v) is 1.70. The summed E-state index contributed by atoms with van der Waals surface area (Å²) >= 11 is 0. The number of anilines is 1. The molecule has 7 nitrogen and oxygen atoms in total. The van der Waals surface area contributed by atoms with Gasteiger partial charge < -0.3 is 16.6 Å². The minimum Gasteiger partial charge on any atom is -0.480 e. The van der Waals surface area contributed by atoms with Crippen LogP contribution in [-0.2, 0) is 11.3 Å². The van der Waals surface area contributed by atoms with E-state index in [1.54, 1.807) is 0 Å². The molecule has 0 unspecified atom stereocenters. The van der Waals surface area contributed by atoms with Crippen LogP contribution in [0.4, 0.5) is 5.82 Å². The summed E-state index contributed by atoms with van der Waals surface area (Å²) in [6, 6.07) is 0. The molecule has 5 N–H and O–H groups in total. The molecule has 0 aliphatic rings. The number of primary amides is 1. The normalized spacial score (nSPS) is 10.1. The molecule has 76 valence electrons. The predicted octanol–water partition coefficient (Wildman–Crippen LogP) is -1.04. The second-order valence-electron chi connectivity index (χ2n) is 2.76. The van der Waals surface area contributed by atoms with Gasteiger partial charge >= 0.3 is 5.97 Å². The molecule has 7 heteroatoms. The van der Waals surface area contributed by atoms with Crippen LogP contribution in [0.3, 0.4) is 0 Å². The molecule has 1 amide bonds. The van der Waals surface area contributed by atoms with Gasteiger partial charge in [0.2, 0.25) is 0 Å². The zero-order valence-electron chi connectivity index (χ0n) is 7.52. The molecule has 14 heavy (non-hydrogen) atoms. The highest BCUT2D eigenvalue weighted by atomic mass is 16.4. The Balaban J connectivity index is 3.16. The SMILES string of the molecule is Cc1nn(CC(=O)O)c(N)c1C(N)=O. The fraction of sp³-hybridized carbons (Fsp3) is 0.286. The topological polar surface area (TPSA) is 124 Å². The van der Waals surface area contributed by atoms with Crippen LogP contribution >= 0.6 is 0 Å². The molecule has 0 spiro atoms. The van der Waals surface area contributed by atoms with E-state index in [2.05, 4.69) is 5.10 Å². The summed E-state index contributed by atoms with van der Waals surface area (Å²) in [4.78, 5) is 21.3. The molecule has 0 bridgehead atoms. The Kier molecular flexibility index (Phi) is 2.41. The number of rotatable bonds is 3. The lowest BCUT2D eigenvalue weighted by Gasteiger charge is -1.99. The van der Waals surface area contributed by atoms with Crippen molar-refractivity contribution >= 4 is 17.7 Å². The van der Waals surface area contributed by atoms with Crippen molar-refractivity contribution < 1.29 is 14.7 Å². The van der Waals surface area contributed by atoms with Gasteiger partial charge in [-0.05, 0) is 6.92 Å². The van der Waals surface area contributed by atoms with Crippen LogP contribution in [0.2, 0.25) is 0 Å². The van der Waals surface area contributed by atoms with Crippen molar-refractivity contribution in [3.05, 3.63) is 11.3 Å². The Hall–Kier alpha value is -2.05. The molecule has 0 radical (unpaired) electrons. The Bertz CT molecular complexity index is 396. The van der Waals surface area contributed by atoms with Crippen molar-refractivity contribution in [1.82, 2.24) is 9.78 Å². The van der Waals surface area contributed by atoms with Crippen molar-refractivity contribution in [3.8, 4) is 0 Å². The van der Waals surface area contributed by atoms with Gasteiger partial charge in [0.1, 0.15) is 17.9 Å². The fourth-order valence-corrected chi connectivity index (χ4v) is 1.15. The van der Waals surface area contributed by atoms with Crippen LogP contribution in [0, 0.1) is 6.92 Å². The van der Waals surface area contributed by atoms with E-state index in [1.807, 2.05) is 0 Å². The fourth-order valence-electron chi connectivity index (χ4n) is 1.15. The molecule has 1 aromatic heterocycles. The molecular formula is C7H10N4O3. The number of nitrogens with zero attached hydrogens (tertiary/aromatic N) is 2. The van der Waals surface area contributed by atoms with E-state index in [4.69, 9.17) is 16.6 Å². The molecule has 1 rings (SSSR count). The molecule has 0 saturated carbocycles. The van der Waals surface area contributed by atoms with Gasteiger partial charge in [-0.3, -0.25) is 9.59 Å². The molecule has 0 aromatic carbocycles. The molecule has 0 fully saturated rings. The molecular weight excluding hydrogens is 188 g/mol. The van der Waals surface area contributed by atoms with Gasteiger partial charge in [0.25, 0.3) is 5.91 Å². The lowest BCUT2D eigenvalue weighted by Crippen LogP contribution is -2.16. The molecule has 0 aliphatic carbocycles. The van der Waals surface area contributed by atoms with Crippen molar-refractivity contribution in [2.75, 3.05) is 5.73 Å². The number of carbonyl (C=O) groups is 2. The zero-order valence-corrected chi connectivity index (χ0v) is 7.52. The van der Waals surface area contributed by atoms with E-state index in [-0.39, 0.29) is 17.9 Å². The van der Waals surface area contributed by atoms with Crippen molar-refractivity contribution in [3.63, 3.8) is 0 Å². The predicted molar refractivity (Wildman–Crippen MR) is 47.5 cm³/mol. The average molecular weight is 198 g/mol. The average Bonchev–Trinajstić information content (AvgIpc) is 2.25. The lowest BCUT2D eigenvalue weighted by molar-refractivity contribution is -0.137. The van der Waals surface area contributed by atoms with E-state index in [0.29, 0.717) is 5.69 Å². The number of aromatic nitrogens is 2. The largest absolute Gasteiger partial charge is 0.480 e. The molecule has 0 aliphatic heterocycles. The number of nitrogen functional groups attached to an aromatic ring is 1. The minimum atomic E-state index is -1.09. The first kappa shape index (κ1) is 10.0. The van der Waals surface area contributed by atoms with Crippen molar-refractivity contribution in [2.24, 2.45) is 5.73 Å². The van der Waals surface area contributed by atoms with E-state index in [1.165, 1.54) is 6.92 Å². The van der Waals surface area contributed by atoms with Crippen LogP contribution in [-0.4, -0.2) is 26.8 Å². The Morgan fingerprint density at radius 2 is 2.14 bits per heavy atom. The van der Waals surface area contributed by atoms with Gasteiger partial charge in [-0.15, -0.1) is 0 Å². The Labute approximate surface area is 79.3 Å². The highest BCUT2D eigenvalue weighted by molar-refractivity contribution is 5.98. The number of carbonyl (C=O) groups excluding carboxylic acids is 1. The summed E-state index contributed by atoms with van der Waals surface area (Å²) in [5.41, 5.74) is 10.9. The third kappa shape index (κ3) is 1.65. The molecule has 1 aromatic rings. The van der Waals surface area contributed by atoms with E-state index < -0.39 is 11.9 Å². The summed E-state index contributed by atoms with van der Waals surface area (Å²) in [6.07, 6.45) is 0. The number of hydrogen-bond donors (Lipinski definition) is 3. The van der Waals surface area contributed by atoms with Crippen LogP contribution in [0.5, 0.6) is 0 Å². The summed E-state index contributed by atoms with van der Waals surface area (Å²) in [5, 5.41) is 12.3. The first-order chi connectivity index (χ1) is 6.43. The standard InChI is InChI=1S/C7H10N4O3/c1-3-5(7(9)14)6(8)11(10-3)2-4(12)13/h2,8H2,1H3,(H2,9,14)(H,12,13). The Morgan fingerprint density at radius 3 is 2.50 bits per heavy atom. The number of hydrogen-bond acceptors (Lipinski definition) is 4. The van der Waals surface area contributed by atoms with Gasteiger partial charge in [0.15, 0.2) is 0 Å². The van der Waals surface area contributed by atoms with E-state index in [9.17, 15) is 9.59 Å². The summed E-state index contributed by atoms with van der Waals surface area (Å²) in [7, 11) is 0. The van der Waals surface area contributed by atoms with Gasteiger partial charge in [0.05, 0.1) is 5.69 Å². The number of amides is 1. The quantitative estimate of drug-likeness (QED) is 0.572. The third-order valence-electron chi connectivity index (χ3n) is 1.70. The molecule has 1 heterocycles. The van der Waals surface area contributed by atoms with E-state index >= 15 is 0 Å². The van der Waals surface area contributed by atoms with Crippen LogP contribution in [0.1, 0.15) is 16.1 Å². The van der Waals surface area contributed by atoms with E-state index in [0.717, 1.165) is 4.68 Å². The van der Waals surface area contributed by atoms with Gasteiger partial charge in [0, 0.05) is 0 Å². The second-order valence-corrected chi connectivity index (χ2v) is 2.76. The zero-order chi connectivity index (χ0) is 10.9. The number of carboxylic acids is 1. The summed E-state index contributed by atoms with van der Waals surface area (Å²) < 4.78 is 1.03. The number of nitrogens with two attached hydrogens (primary N) is 2. The van der Waals surface area contributed by atoms with Crippen molar-refractivity contribution in [2.45, 2.75) is 13.5 Å². The van der Waals surface area contributed by atoms with Gasteiger partial charge in [-0.25, -0.2) is 4.68 Å². The van der Waals surface area contributed by atoms with Crippen LogP contribution in [0.25, 0.3) is 0 Å². The highest BCUT2D eigenvalue weighted by Gasteiger charge is 2.17. The smallest absolute Gasteiger partial charge is 0.325 e. The maximum Gasteiger partial charge on any atom is 0.325 e. The number of carboxylic acid groups (broad SMARTS) is 1. The Morgan fingerprint density at radius 1 is 1.57 bits per heavy atom. The maximum absolute atomic E-state index is 10.9. The summed E-state index contributed by atoms with van der Waals surface area (Å²) in [6.45, 7) is 1.15. The van der Waals surface area contributed by atoms with Crippen LogP contribution < -0.4 is 11.5 Å². The monoisotopic (exact) mass is 198 g/mol. The second kappa shape index (κ2) is 3.36. The molecule has 0 atom stereocenters. The highest BCUT2D eigenvalue weighted by Crippen LogP contribution is 2.14. The first-order valence-corrected chi connectivity index (χ1v) is 3.78. The van der Waals surface area contributed by atoms with Gasteiger partial charge in [-0.1, -0.05) is 0 Å². The number of aryl methyl sites for hydroxylation is 1. The maximum atomic E-state index is 10.9. The molecule has 0 saturated heterocycles. The summed E-state index contributed by atoms with van der Waals surface area (Å²) in [5.74, 6) is -1.82. The van der Waals surface area contributed by atoms with Crippen LogP contribution in [0.15, 0.2) is 0 Å². The minimum absolute atomic E-state index is 0.0163. The lowest BCUT2D eigenvalue weighted by atomic mass is 10.2. The van der Waals surface area contributed by atoms with Gasteiger partial charge in [-0.2, -0.15) is 5.10 Å².